The van der Waals surface area contributed by atoms with E-state index in [4.69, 9.17) is 11.6 Å². The van der Waals surface area contributed by atoms with Gasteiger partial charge in [-0.2, -0.15) is 0 Å². The van der Waals surface area contributed by atoms with Gasteiger partial charge in [0.05, 0.1) is 5.52 Å². The van der Waals surface area contributed by atoms with Crippen LogP contribution < -0.4 is 0 Å². The van der Waals surface area contributed by atoms with Gasteiger partial charge in [0.2, 0.25) is 0 Å². The van der Waals surface area contributed by atoms with E-state index in [0.717, 1.165) is 22.5 Å². The molecule has 0 N–H and O–H groups in total. The third kappa shape index (κ3) is 1.68. The molecular weight excluding hydrogens is 251 g/mol. The van der Waals surface area contributed by atoms with Gasteiger partial charge in [-0.1, -0.05) is 17.7 Å². The Bertz CT molecular complexity index is 716. The number of hydrogen-bond donors (Lipinski definition) is 0. The van der Waals surface area contributed by atoms with E-state index < -0.39 is 0 Å². The standard InChI is InChI=1S/C14H10ClFN2/c1-9-3-2-8-18-12(9)13(15)17-14(18)10-4-6-11(16)7-5-10/h2-8H,1H3. The zero-order valence-corrected chi connectivity index (χ0v) is 10.4. The fourth-order valence-electron chi connectivity index (χ4n) is 2.06. The van der Waals surface area contributed by atoms with E-state index in [9.17, 15) is 4.39 Å². The number of aryl methyl sites for hydroxylation is 1. The van der Waals surface area contributed by atoms with E-state index in [1.165, 1.54) is 12.1 Å². The molecule has 0 atom stereocenters. The number of halogens is 2. The molecule has 0 bridgehead atoms. The first-order valence-corrected chi connectivity index (χ1v) is 5.94. The maximum Gasteiger partial charge on any atom is 0.155 e. The van der Waals surface area contributed by atoms with E-state index in [0.29, 0.717) is 5.15 Å². The van der Waals surface area contributed by atoms with Crippen molar-refractivity contribution in [1.82, 2.24) is 9.38 Å². The first kappa shape index (κ1) is 11.2. The maximum atomic E-state index is 12.9. The molecule has 18 heavy (non-hydrogen) atoms. The van der Waals surface area contributed by atoms with Crippen LogP contribution in [0.3, 0.4) is 0 Å². The first-order valence-electron chi connectivity index (χ1n) is 5.56. The van der Waals surface area contributed by atoms with Gasteiger partial charge < -0.3 is 0 Å². The quantitative estimate of drug-likeness (QED) is 0.644. The Morgan fingerprint density at radius 1 is 1.17 bits per heavy atom. The lowest BCUT2D eigenvalue weighted by Crippen LogP contribution is -1.90. The van der Waals surface area contributed by atoms with Gasteiger partial charge in [-0.3, -0.25) is 4.40 Å². The summed E-state index contributed by atoms with van der Waals surface area (Å²) in [4.78, 5) is 4.36. The van der Waals surface area contributed by atoms with Gasteiger partial charge in [-0.15, -0.1) is 0 Å². The molecule has 2 aromatic heterocycles. The van der Waals surface area contributed by atoms with Crippen molar-refractivity contribution in [3.63, 3.8) is 0 Å². The number of hydrogen-bond acceptors (Lipinski definition) is 1. The van der Waals surface area contributed by atoms with E-state index in [1.54, 1.807) is 12.1 Å². The number of pyridine rings is 1. The van der Waals surface area contributed by atoms with Gasteiger partial charge in [0, 0.05) is 11.8 Å². The summed E-state index contributed by atoms with van der Waals surface area (Å²) >= 11 is 6.16. The van der Waals surface area contributed by atoms with Crippen molar-refractivity contribution < 1.29 is 4.39 Å². The highest BCUT2D eigenvalue weighted by molar-refractivity contribution is 6.33. The Morgan fingerprint density at radius 3 is 2.61 bits per heavy atom. The molecule has 4 heteroatoms. The van der Waals surface area contributed by atoms with Gasteiger partial charge in [-0.25, -0.2) is 9.37 Å². The molecule has 0 spiro atoms. The molecule has 0 saturated carbocycles. The lowest BCUT2D eigenvalue weighted by atomic mass is 10.2. The van der Waals surface area contributed by atoms with Crippen LogP contribution in [0.5, 0.6) is 0 Å². The second-order valence-corrected chi connectivity index (χ2v) is 4.50. The third-order valence-electron chi connectivity index (χ3n) is 2.93. The van der Waals surface area contributed by atoms with Gasteiger partial charge in [0.1, 0.15) is 11.6 Å². The van der Waals surface area contributed by atoms with Crippen LogP contribution in [0.2, 0.25) is 5.15 Å². The van der Waals surface area contributed by atoms with Crippen molar-refractivity contribution in [2.45, 2.75) is 6.92 Å². The van der Waals surface area contributed by atoms with E-state index in [2.05, 4.69) is 4.98 Å². The second-order valence-electron chi connectivity index (χ2n) is 4.14. The molecule has 0 amide bonds. The largest absolute Gasteiger partial charge is 0.298 e. The van der Waals surface area contributed by atoms with Crippen molar-refractivity contribution in [3.05, 3.63) is 59.1 Å². The van der Waals surface area contributed by atoms with Gasteiger partial charge in [-0.05, 0) is 42.8 Å². The summed E-state index contributed by atoms with van der Waals surface area (Å²) < 4.78 is 14.9. The van der Waals surface area contributed by atoms with E-state index in [1.807, 2.05) is 29.7 Å². The predicted molar refractivity (Wildman–Crippen MR) is 70.3 cm³/mol. The molecule has 1 aromatic carbocycles. The summed E-state index contributed by atoms with van der Waals surface area (Å²) in [5, 5.41) is 0.465. The van der Waals surface area contributed by atoms with Crippen LogP contribution >= 0.6 is 11.6 Å². The highest BCUT2D eigenvalue weighted by Crippen LogP contribution is 2.27. The molecule has 0 aliphatic heterocycles. The van der Waals surface area contributed by atoms with Crippen molar-refractivity contribution in [1.29, 1.82) is 0 Å². The van der Waals surface area contributed by atoms with Gasteiger partial charge in [0.25, 0.3) is 0 Å². The van der Waals surface area contributed by atoms with Crippen LogP contribution in [-0.4, -0.2) is 9.38 Å². The molecule has 0 fully saturated rings. The number of benzene rings is 1. The van der Waals surface area contributed by atoms with E-state index >= 15 is 0 Å². The molecule has 0 aliphatic rings. The Kier molecular flexibility index (Phi) is 2.56. The molecular formula is C14H10ClFN2. The van der Waals surface area contributed by atoms with Crippen LogP contribution in [0.1, 0.15) is 5.56 Å². The van der Waals surface area contributed by atoms with Crippen LogP contribution in [0.4, 0.5) is 4.39 Å². The molecule has 0 unspecified atom stereocenters. The highest BCUT2D eigenvalue weighted by Gasteiger charge is 2.12. The smallest absolute Gasteiger partial charge is 0.155 e. The minimum absolute atomic E-state index is 0.262. The summed E-state index contributed by atoms with van der Waals surface area (Å²) in [5.41, 5.74) is 2.78. The van der Waals surface area contributed by atoms with Crippen molar-refractivity contribution in [2.24, 2.45) is 0 Å². The highest BCUT2D eigenvalue weighted by atomic mass is 35.5. The Labute approximate surface area is 109 Å². The van der Waals surface area contributed by atoms with Crippen molar-refractivity contribution >= 4 is 17.1 Å². The average Bonchev–Trinajstić information content (AvgIpc) is 2.69. The van der Waals surface area contributed by atoms with Crippen LogP contribution in [0.15, 0.2) is 42.6 Å². The summed E-state index contributed by atoms with van der Waals surface area (Å²) in [6.07, 6.45) is 1.90. The predicted octanol–water partition coefficient (Wildman–Crippen LogP) is 4.10. The molecule has 90 valence electrons. The maximum absolute atomic E-state index is 12.9. The number of imidazole rings is 1. The van der Waals surface area contributed by atoms with Gasteiger partial charge in [0.15, 0.2) is 5.15 Å². The summed E-state index contributed by atoms with van der Waals surface area (Å²) in [7, 11) is 0. The van der Waals surface area contributed by atoms with Crippen molar-refractivity contribution in [3.8, 4) is 11.4 Å². The molecule has 0 saturated heterocycles. The van der Waals surface area contributed by atoms with Crippen LogP contribution in [0, 0.1) is 12.7 Å². The Hall–Kier alpha value is -1.87. The lowest BCUT2D eigenvalue weighted by molar-refractivity contribution is 0.628. The molecule has 2 heterocycles. The summed E-state index contributed by atoms with van der Waals surface area (Å²) in [5.74, 6) is 0.459. The van der Waals surface area contributed by atoms with E-state index in [-0.39, 0.29) is 5.82 Å². The third-order valence-corrected chi connectivity index (χ3v) is 3.19. The lowest BCUT2D eigenvalue weighted by Gasteiger charge is -2.02. The number of fused-ring (bicyclic) bond motifs is 1. The summed E-state index contributed by atoms with van der Waals surface area (Å²) in [6.45, 7) is 1.98. The average molecular weight is 261 g/mol. The molecule has 3 aromatic rings. The first-order chi connectivity index (χ1) is 8.66. The minimum atomic E-state index is -0.262. The zero-order valence-electron chi connectivity index (χ0n) is 9.69. The van der Waals surface area contributed by atoms with Gasteiger partial charge >= 0.3 is 0 Å². The Morgan fingerprint density at radius 2 is 1.89 bits per heavy atom. The normalized spacial score (nSPS) is 11.1. The molecule has 0 radical (unpaired) electrons. The number of aromatic nitrogens is 2. The van der Waals surface area contributed by atoms with Crippen LogP contribution in [-0.2, 0) is 0 Å². The monoisotopic (exact) mass is 260 g/mol. The van der Waals surface area contributed by atoms with Crippen molar-refractivity contribution in [2.75, 3.05) is 0 Å². The SMILES string of the molecule is Cc1cccn2c(-c3ccc(F)cc3)nc(Cl)c12. The molecule has 3 rings (SSSR count). The number of rotatable bonds is 1. The van der Waals surface area contributed by atoms with Crippen LogP contribution in [0.25, 0.3) is 16.9 Å². The minimum Gasteiger partial charge on any atom is -0.298 e. The second kappa shape index (κ2) is 4.10. The molecule has 0 aliphatic carbocycles. The topological polar surface area (TPSA) is 17.3 Å². The fraction of sp³-hybridized carbons (Fsp3) is 0.0714. The zero-order chi connectivity index (χ0) is 12.7. The number of nitrogens with zero attached hydrogens (tertiary/aromatic N) is 2. The molecule has 2 nitrogen and oxygen atoms in total. The Balaban J connectivity index is 2.30. The summed E-state index contributed by atoms with van der Waals surface area (Å²) in [6, 6.07) is 10.1. The fourth-order valence-corrected chi connectivity index (χ4v) is 2.38.